The first-order valence-electron chi connectivity index (χ1n) is 3.52. The summed E-state index contributed by atoms with van der Waals surface area (Å²) in [5.41, 5.74) is 0.690. The van der Waals surface area contributed by atoms with Crippen molar-refractivity contribution in [2.75, 3.05) is 0 Å². The molecule has 0 aromatic rings. The van der Waals surface area contributed by atoms with Gasteiger partial charge in [0.05, 0.1) is 0 Å². The molecule has 1 atom stereocenters. The van der Waals surface area contributed by atoms with Gasteiger partial charge in [-0.2, -0.15) is 8.42 Å². The van der Waals surface area contributed by atoms with E-state index in [0.29, 0.717) is 5.57 Å². The molecule has 0 amide bonds. The fourth-order valence-electron chi connectivity index (χ4n) is 0.723. The Kier molecular flexibility index (Phi) is 3.75. The van der Waals surface area contributed by atoms with Crippen LogP contribution in [-0.2, 0) is 10.1 Å². The second kappa shape index (κ2) is 3.88. The summed E-state index contributed by atoms with van der Waals surface area (Å²) in [4.78, 5) is 0. The SMILES string of the molecule is CC/C=C(\C)C(C)S(=O)(=O)O. The molecule has 1 N–H and O–H groups in total. The van der Waals surface area contributed by atoms with Crippen LogP contribution in [0.3, 0.4) is 0 Å². The van der Waals surface area contributed by atoms with Crippen LogP contribution in [0, 0.1) is 0 Å². The van der Waals surface area contributed by atoms with E-state index in [9.17, 15) is 8.42 Å². The molecule has 0 saturated carbocycles. The average Bonchev–Trinajstić information content (AvgIpc) is 1.85. The fraction of sp³-hybridized carbons (Fsp3) is 0.714. The van der Waals surface area contributed by atoms with Crippen molar-refractivity contribution >= 4 is 10.1 Å². The van der Waals surface area contributed by atoms with Gasteiger partial charge < -0.3 is 0 Å². The Morgan fingerprint density at radius 3 is 2.36 bits per heavy atom. The lowest BCUT2D eigenvalue weighted by Gasteiger charge is -2.07. The Balaban J connectivity index is 4.51. The maximum Gasteiger partial charge on any atom is 0.271 e. The van der Waals surface area contributed by atoms with Crippen molar-refractivity contribution in [3.05, 3.63) is 11.6 Å². The van der Waals surface area contributed by atoms with Crippen LogP contribution in [0.4, 0.5) is 0 Å². The fourth-order valence-corrected chi connectivity index (χ4v) is 1.29. The molecule has 0 aliphatic rings. The highest BCUT2D eigenvalue weighted by atomic mass is 32.2. The third-order valence-corrected chi connectivity index (χ3v) is 2.88. The highest BCUT2D eigenvalue weighted by Gasteiger charge is 2.17. The molecular weight excluding hydrogens is 164 g/mol. The van der Waals surface area contributed by atoms with Gasteiger partial charge in [-0.05, 0) is 20.3 Å². The van der Waals surface area contributed by atoms with Crippen molar-refractivity contribution in [2.24, 2.45) is 0 Å². The molecule has 0 spiro atoms. The van der Waals surface area contributed by atoms with Gasteiger partial charge in [-0.15, -0.1) is 0 Å². The van der Waals surface area contributed by atoms with Gasteiger partial charge >= 0.3 is 0 Å². The molecule has 0 aliphatic heterocycles. The number of hydrogen-bond donors (Lipinski definition) is 1. The molecule has 0 aromatic carbocycles. The van der Waals surface area contributed by atoms with E-state index in [0.717, 1.165) is 6.42 Å². The summed E-state index contributed by atoms with van der Waals surface area (Å²) in [6, 6.07) is 0. The van der Waals surface area contributed by atoms with Crippen LogP contribution in [0.5, 0.6) is 0 Å². The second-order valence-electron chi connectivity index (χ2n) is 2.51. The average molecular weight is 178 g/mol. The highest BCUT2D eigenvalue weighted by Crippen LogP contribution is 2.09. The monoisotopic (exact) mass is 178 g/mol. The standard InChI is InChI=1S/C7H14O3S/c1-4-5-6(2)7(3)11(8,9)10/h5,7H,4H2,1-3H3,(H,8,9,10)/b6-5+. The van der Waals surface area contributed by atoms with Crippen LogP contribution in [0.1, 0.15) is 27.2 Å². The quantitative estimate of drug-likeness (QED) is 0.527. The van der Waals surface area contributed by atoms with Crippen LogP contribution < -0.4 is 0 Å². The summed E-state index contributed by atoms with van der Waals surface area (Å²) < 4.78 is 29.7. The molecule has 0 radical (unpaired) electrons. The Bertz CT molecular complexity index is 238. The second-order valence-corrected chi connectivity index (χ2v) is 4.25. The molecule has 11 heavy (non-hydrogen) atoms. The van der Waals surface area contributed by atoms with Crippen molar-refractivity contribution in [2.45, 2.75) is 32.4 Å². The predicted molar refractivity (Wildman–Crippen MR) is 45.1 cm³/mol. The first kappa shape index (κ1) is 10.7. The van der Waals surface area contributed by atoms with Gasteiger partial charge in [0.1, 0.15) is 5.25 Å². The van der Waals surface area contributed by atoms with Crippen molar-refractivity contribution in [3.8, 4) is 0 Å². The molecule has 66 valence electrons. The molecule has 0 rings (SSSR count). The molecule has 0 aliphatic carbocycles. The van der Waals surface area contributed by atoms with E-state index < -0.39 is 15.4 Å². The maximum absolute atomic E-state index is 10.6. The minimum Gasteiger partial charge on any atom is -0.285 e. The minimum absolute atomic E-state index is 0.690. The van der Waals surface area contributed by atoms with E-state index in [1.165, 1.54) is 6.92 Å². The third kappa shape index (κ3) is 3.53. The van der Waals surface area contributed by atoms with E-state index >= 15 is 0 Å². The Morgan fingerprint density at radius 1 is 1.64 bits per heavy atom. The molecule has 4 heteroatoms. The van der Waals surface area contributed by atoms with Gasteiger partial charge in [-0.25, -0.2) is 0 Å². The summed E-state index contributed by atoms with van der Waals surface area (Å²) >= 11 is 0. The summed E-state index contributed by atoms with van der Waals surface area (Å²) in [6.07, 6.45) is 2.57. The lowest BCUT2D eigenvalue weighted by atomic mass is 10.2. The van der Waals surface area contributed by atoms with Gasteiger partial charge in [0.15, 0.2) is 0 Å². The van der Waals surface area contributed by atoms with Crippen LogP contribution in [0.25, 0.3) is 0 Å². The summed E-state index contributed by atoms with van der Waals surface area (Å²) in [7, 11) is -3.89. The first-order chi connectivity index (χ1) is 4.89. The molecule has 0 saturated heterocycles. The van der Waals surface area contributed by atoms with Crippen molar-refractivity contribution in [3.63, 3.8) is 0 Å². The predicted octanol–water partition coefficient (Wildman–Crippen LogP) is 1.62. The van der Waals surface area contributed by atoms with E-state index in [1.54, 1.807) is 13.0 Å². The van der Waals surface area contributed by atoms with Crippen LogP contribution >= 0.6 is 0 Å². The van der Waals surface area contributed by atoms with Crippen LogP contribution in [-0.4, -0.2) is 18.2 Å². The van der Waals surface area contributed by atoms with Crippen molar-refractivity contribution in [1.29, 1.82) is 0 Å². The highest BCUT2D eigenvalue weighted by molar-refractivity contribution is 7.86. The molecule has 0 bridgehead atoms. The lowest BCUT2D eigenvalue weighted by Crippen LogP contribution is -2.17. The van der Waals surface area contributed by atoms with Crippen molar-refractivity contribution < 1.29 is 13.0 Å². The molecule has 1 unspecified atom stereocenters. The first-order valence-corrected chi connectivity index (χ1v) is 5.02. The topological polar surface area (TPSA) is 54.4 Å². The zero-order valence-corrected chi connectivity index (χ0v) is 7.85. The largest absolute Gasteiger partial charge is 0.285 e. The zero-order chi connectivity index (χ0) is 9.07. The van der Waals surface area contributed by atoms with E-state index in [4.69, 9.17) is 4.55 Å². The van der Waals surface area contributed by atoms with E-state index in [-0.39, 0.29) is 0 Å². The molecule has 0 aromatic heterocycles. The lowest BCUT2D eigenvalue weighted by molar-refractivity contribution is 0.475. The third-order valence-electron chi connectivity index (χ3n) is 1.61. The normalized spacial score (nSPS) is 16.5. The van der Waals surface area contributed by atoms with Gasteiger partial charge in [0, 0.05) is 0 Å². The number of rotatable bonds is 3. The molecular formula is C7H14O3S. The van der Waals surface area contributed by atoms with Crippen LogP contribution in [0.2, 0.25) is 0 Å². The van der Waals surface area contributed by atoms with Gasteiger partial charge in [0.2, 0.25) is 0 Å². The molecule has 3 nitrogen and oxygen atoms in total. The summed E-state index contributed by atoms with van der Waals surface area (Å²) in [5, 5.41) is -0.776. The minimum atomic E-state index is -3.89. The Labute approximate surface area is 67.9 Å². The number of allylic oxidation sites excluding steroid dienone is 1. The van der Waals surface area contributed by atoms with E-state index in [1.807, 2.05) is 6.92 Å². The summed E-state index contributed by atoms with van der Waals surface area (Å²) in [5.74, 6) is 0. The van der Waals surface area contributed by atoms with Gasteiger partial charge in [0.25, 0.3) is 10.1 Å². The van der Waals surface area contributed by atoms with Crippen LogP contribution in [0.15, 0.2) is 11.6 Å². The molecule has 0 heterocycles. The van der Waals surface area contributed by atoms with Gasteiger partial charge in [-0.3, -0.25) is 4.55 Å². The summed E-state index contributed by atoms with van der Waals surface area (Å²) in [6.45, 7) is 5.08. The number of hydrogen-bond acceptors (Lipinski definition) is 2. The van der Waals surface area contributed by atoms with Gasteiger partial charge in [-0.1, -0.05) is 18.6 Å². The Hall–Kier alpha value is -0.350. The molecule has 0 fully saturated rings. The van der Waals surface area contributed by atoms with Crippen molar-refractivity contribution in [1.82, 2.24) is 0 Å². The maximum atomic E-state index is 10.6. The van der Waals surface area contributed by atoms with E-state index in [2.05, 4.69) is 0 Å². The zero-order valence-electron chi connectivity index (χ0n) is 7.03. The Morgan fingerprint density at radius 2 is 2.09 bits per heavy atom. The smallest absolute Gasteiger partial charge is 0.271 e.